The lowest BCUT2D eigenvalue weighted by atomic mass is 9.85. The lowest BCUT2D eigenvalue weighted by molar-refractivity contribution is -0.140. The summed E-state index contributed by atoms with van der Waals surface area (Å²) in [6.45, 7) is 1.30. The lowest BCUT2D eigenvalue weighted by Crippen LogP contribution is -2.43. The summed E-state index contributed by atoms with van der Waals surface area (Å²) in [4.78, 5) is 30.9. The first kappa shape index (κ1) is 20.6. The van der Waals surface area contributed by atoms with Crippen molar-refractivity contribution in [3.8, 4) is 5.75 Å². The maximum atomic E-state index is 12.6. The maximum Gasteiger partial charge on any atom is 0.233 e. The summed E-state index contributed by atoms with van der Waals surface area (Å²) < 4.78 is 0. The molecule has 4 atom stereocenters. The molecule has 28 heavy (non-hydrogen) atoms. The van der Waals surface area contributed by atoms with Gasteiger partial charge in [-0.15, -0.1) is 24.0 Å². The number of phenolic OH excluding ortho intramolecular Hbond substituents is 1. The van der Waals surface area contributed by atoms with Crippen LogP contribution in [0.2, 0.25) is 0 Å². The predicted molar refractivity (Wildman–Crippen MR) is 116 cm³/mol. The smallest absolute Gasteiger partial charge is 0.233 e. The number of rotatable bonds is 5. The van der Waals surface area contributed by atoms with Crippen molar-refractivity contribution in [3.63, 3.8) is 0 Å². The topological polar surface area (TPSA) is 94.0 Å². The SMILES string of the molecule is CN=C(NCCN1C(=O)C2C3C=CC(C3)C2C1=O)NCc1cccc(O)c1.I. The number of carbonyl (C=O) groups excluding carboxylic acids is 2. The zero-order valence-corrected chi connectivity index (χ0v) is 18.0. The average Bonchev–Trinajstić information content (AvgIpc) is 3.34. The van der Waals surface area contributed by atoms with Gasteiger partial charge < -0.3 is 15.7 Å². The minimum atomic E-state index is -0.143. The van der Waals surface area contributed by atoms with Crippen molar-refractivity contribution in [1.82, 2.24) is 15.5 Å². The molecule has 3 aliphatic rings. The van der Waals surface area contributed by atoms with Crippen LogP contribution in [-0.4, -0.2) is 47.9 Å². The van der Waals surface area contributed by atoms with E-state index in [0.717, 1.165) is 12.0 Å². The third kappa shape index (κ3) is 3.74. The predicted octanol–water partition coefficient (Wildman–Crippen LogP) is 1.48. The fraction of sp³-hybridized carbons (Fsp3) is 0.450. The van der Waals surface area contributed by atoms with E-state index in [9.17, 15) is 14.7 Å². The highest BCUT2D eigenvalue weighted by atomic mass is 127. The zero-order valence-electron chi connectivity index (χ0n) is 15.7. The van der Waals surface area contributed by atoms with E-state index in [1.807, 2.05) is 6.07 Å². The van der Waals surface area contributed by atoms with Gasteiger partial charge in [0.2, 0.25) is 11.8 Å². The van der Waals surface area contributed by atoms with E-state index in [4.69, 9.17) is 0 Å². The quantitative estimate of drug-likeness (QED) is 0.189. The van der Waals surface area contributed by atoms with Crippen molar-refractivity contribution in [2.24, 2.45) is 28.7 Å². The molecule has 1 heterocycles. The van der Waals surface area contributed by atoms with E-state index >= 15 is 0 Å². The first-order valence-electron chi connectivity index (χ1n) is 9.34. The van der Waals surface area contributed by atoms with Gasteiger partial charge in [-0.1, -0.05) is 24.3 Å². The molecule has 2 amide bonds. The first-order valence-corrected chi connectivity index (χ1v) is 9.34. The van der Waals surface area contributed by atoms with Gasteiger partial charge in [-0.2, -0.15) is 0 Å². The van der Waals surface area contributed by atoms with Crippen LogP contribution in [0.4, 0.5) is 0 Å². The molecule has 2 aliphatic carbocycles. The molecule has 4 rings (SSSR count). The number of nitrogens with zero attached hydrogens (tertiary/aromatic N) is 2. The Morgan fingerprint density at radius 1 is 1.18 bits per heavy atom. The number of fused-ring (bicyclic) bond motifs is 5. The summed E-state index contributed by atoms with van der Waals surface area (Å²) in [5, 5.41) is 15.8. The number of aromatic hydroxyl groups is 1. The Hall–Kier alpha value is -2.10. The molecule has 0 radical (unpaired) electrons. The third-order valence-corrected chi connectivity index (χ3v) is 5.78. The van der Waals surface area contributed by atoms with Gasteiger partial charge in [-0.05, 0) is 36.0 Å². The van der Waals surface area contributed by atoms with Crippen LogP contribution in [0.5, 0.6) is 5.75 Å². The Morgan fingerprint density at radius 3 is 2.46 bits per heavy atom. The molecular weight excluding hydrogens is 471 g/mol. The van der Waals surface area contributed by atoms with E-state index < -0.39 is 0 Å². The number of hydrogen-bond donors (Lipinski definition) is 3. The van der Waals surface area contributed by atoms with E-state index in [1.54, 1.807) is 25.2 Å². The average molecular weight is 496 g/mol. The Kier molecular flexibility index (Phi) is 6.26. The summed E-state index contributed by atoms with van der Waals surface area (Å²) >= 11 is 0. The highest BCUT2D eigenvalue weighted by Gasteiger charge is 2.58. The highest BCUT2D eigenvalue weighted by Crippen LogP contribution is 2.52. The minimum Gasteiger partial charge on any atom is -0.508 e. The van der Waals surface area contributed by atoms with Gasteiger partial charge in [-0.3, -0.25) is 19.5 Å². The molecule has 3 N–H and O–H groups in total. The molecule has 1 aromatic carbocycles. The van der Waals surface area contributed by atoms with Crippen LogP contribution in [0.25, 0.3) is 0 Å². The summed E-state index contributed by atoms with van der Waals surface area (Å²) in [7, 11) is 1.66. The summed E-state index contributed by atoms with van der Waals surface area (Å²) in [6, 6.07) is 7.00. The molecule has 2 fully saturated rings. The van der Waals surface area contributed by atoms with Crippen LogP contribution in [0.15, 0.2) is 41.4 Å². The number of hydrogen-bond acceptors (Lipinski definition) is 4. The molecule has 0 spiro atoms. The number of phenols is 1. The molecule has 7 nitrogen and oxygen atoms in total. The number of amides is 2. The van der Waals surface area contributed by atoms with Crippen molar-refractivity contribution in [3.05, 3.63) is 42.0 Å². The van der Waals surface area contributed by atoms with E-state index in [1.165, 1.54) is 4.90 Å². The Bertz CT molecular complexity index is 795. The summed E-state index contributed by atoms with van der Waals surface area (Å²) in [6.07, 6.45) is 5.16. The minimum absolute atomic E-state index is 0. The number of nitrogens with one attached hydrogen (secondary N) is 2. The van der Waals surface area contributed by atoms with Crippen LogP contribution in [0, 0.1) is 23.7 Å². The summed E-state index contributed by atoms with van der Waals surface area (Å²) in [5.74, 6) is 0.957. The largest absolute Gasteiger partial charge is 0.508 e. The van der Waals surface area contributed by atoms with E-state index in [2.05, 4.69) is 27.8 Å². The number of halogens is 1. The molecule has 0 aromatic heterocycles. The van der Waals surface area contributed by atoms with Gasteiger partial charge in [0.05, 0.1) is 11.8 Å². The van der Waals surface area contributed by atoms with Crippen molar-refractivity contribution < 1.29 is 14.7 Å². The van der Waals surface area contributed by atoms with Crippen molar-refractivity contribution in [2.75, 3.05) is 20.1 Å². The van der Waals surface area contributed by atoms with Gasteiger partial charge in [-0.25, -0.2) is 0 Å². The molecule has 1 saturated heterocycles. The summed E-state index contributed by atoms with van der Waals surface area (Å²) in [5.41, 5.74) is 0.929. The van der Waals surface area contributed by atoms with Crippen molar-refractivity contribution >= 4 is 41.8 Å². The molecule has 1 saturated carbocycles. The Morgan fingerprint density at radius 2 is 1.86 bits per heavy atom. The van der Waals surface area contributed by atoms with Crippen molar-refractivity contribution in [2.45, 2.75) is 13.0 Å². The van der Waals surface area contributed by atoms with E-state index in [-0.39, 0.29) is 65.2 Å². The standard InChI is InChI=1S/C20H24N4O3.HI/c1-21-20(23-11-12-3-2-4-15(25)9-12)22-7-8-24-18(26)16-13-5-6-14(10-13)17(16)19(24)27;/h2-6,9,13-14,16-17,25H,7-8,10-11H2,1H3,(H2,21,22,23);1H. The molecular formula is C20H25IN4O3. The molecule has 1 aliphatic heterocycles. The number of imide groups is 1. The normalized spacial score (nSPS) is 27.8. The number of allylic oxidation sites excluding steroid dienone is 2. The first-order chi connectivity index (χ1) is 13.1. The molecule has 8 heteroatoms. The Labute approximate surface area is 181 Å². The number of carbonyl (C=O) groups is 2. The lowest BCUT2D eigenvalue weighted by Gasteiger charge is -2.18. The van der Waals surface area contributed by atoms with E-state index in [0.29, 0.717) is 25.6 Å². The zero-order chi connectivity index (χ0) is 19.0. The highest BCUT2D eigenvalue weighted by molar-refractivity contribution is 14.0. The van der Waals surface area contributed by atoms with Gasteiger partial charge in [0.25, 0.3) is 0 Å². The van der Waals surface area contributed by atoms with Crippen LogP contribution in [0.3, 0.4) is 0 Å². The number of benzene rings is 1. The molecule has 150 valence electrons. The number of guanidine groups is 1. The van der Waals surface area contributed by atoms with Crippen LogP contribution < -0.4 is 10.6 Å². The molecule has 2 bridgehead atoms. The Balaban J connectivity index is 0.00000225. The number of aliphatic imine (C=N–C) groups is 1. The van der Waals surface area contributed by atoms with Crippen molar-refractivity contribution in [1.29, 1.82) is 0 Å². The molecule has 1 aromatic rings. The second kappa shape index (κ2) is 8.50. The fourth-order valence-corrected chi connectivity index (χ4v) is 4.54. The third-order valence-electron chi connectivity index (χ3n) is 5.78. The molecule has 4 unspecified atom stereocenters. The van der Waals surface area contributed by atoms with Gasteiger partial charge in [0, 0.05) is 26.7 Å². The van der Waals surface area contributed by atoms with Gasteiger partial charge >= 0.3 is 0 Å². The van der Waals surface area contributed by atoms with Crippen LogP contribution in [-0.2, 0) is 16.1 Å². The monoisotopic (exact) mass is 496 g/mol. The van der Waals surface area contributed by atoms with Gasteiger partial charge in [0.15, 0.2) is 5.96 Å². The number of likely N-dealkylation sites (tertiary alicyclic amines) is 1. The van der Waals surface area contributed by atoms with Crippen LogP contribution >= 0.6 is 24.0 Å². The van der Waals surface area contributed by atoms with Crippen LogP contribution in [0.1, 0.15) is 12.0 Å². The maximum absolute atomic E-state index is 12.6. The van der Waals surface area contributed by atoms with Gasteiger partial charge in [0.1, 0.15) is 5.75 Å². The fourth-order valence-electron chi connectivity index (χ4n) is 4.54. The second-order valence-corrected chi connectivity index (χ2v) is 7.35. The second-order valence-electron chi connectivity index (χ2n) is 7.35.